The van der Waals surface area contributed by atoms with Crippen molar-refractivity contribution in [3.63, 3.8) is 0 Å². The van der Waals surface area contributed by atoms with Crippen molar-refractivity contribution in [3.05, 3.63) is 33.1 Å². The number of hydrogen-bond donors (Lipinski definition) is 1. The highest BCUT2D eigenvalue weighted by Crippen LogP contribution is 2.30. The number of fused-ring (bicyclic) bond motifs is 1. The number of nitrogens with one attached hydrogen (secondary N) is 1. The van der Waals surface area contributed by atoms with E-state index in [1.165, 1.54) is 0 Å². The van der Waals surface area contributed by atoms with Gasteiger partial charge < -0.3 is 14.5 Å². The second kappa shape index (κ2) is 6.04. The maximum Gasteiger partial charge on any atom is 0.148 e. The fraction of sp³-hybridized carbons (Fsp3) is 0.429. The smallest absolute Gasteiger partial charge is 0.148 e. The molecule has 2 aromatic rings. The molecule has 4 heteroatoms. The predicted molar refractivity (Wildman–Crippen MR) is 81.6 cm³/mol. The summed E-state index contributed by atoms with van der Waals surface area (Å²) in [7, 11) is 1.71. The van der Waals surface area contributed by atoms with Gasteiger partial charge in [-0.2, -0.15) is 0 Å². The minimum Gasteiger partial charge on any atom is -0.458 e. The molecule has 0 unspecified atom stereocenters. The summed E-state index contributed by atoms with van der Waals surface area (Å²) < 4.78 is 12.4. The van der Waals surface area contributed by atoms with Gasteiger partial charge in [0.15, 0.2) is 0 Å². The highest BCUT2D eigenvalue weighted by atomic mass is 127. The minimum atomic E-state index is 0.438. The van der Waals surface area contributed by atoms with Crippen LogP contribution in [0.2, 0.25) is 0 Å². The van der Waals surface area contributed by atoms with E-state index in [0.717, 1.165) is 32.4 Å². The second-order valence-corrected chi connectivity index (χ2v) is 5.75. The molecule has 1 heterocycles. The average Bonchev–Trinajstić information content (AvgIpc) is 2.67. The van der Waals surface area contributed by atoms with Crippen molar-refractivity contribution in [1.29, 1.82) is 0 Å². The van der Waals surface area contributed by atoms with Gasteiger partial charge in [-0.3, -0.25) is 0 Å². The van der Waals surface area contributed by atoms with E-state index < -0.39 is 0 Å². The van der Waals surface area contributed by atoms with Crippen molar-refractivity contribution in [2.45, 2.75) is 33.0 Å². The van der Waals surface area contributed by atoms with Crippen LogP contribution in [-0.2, 0) is 17.9 Å². The third-order valence-corrected chi connectivity index (χ3v) is 3.66. The van der Waals surface area contributed by atoms with Gasteiger partial charge >= 0.3 is 0 Å². The van der Waals surface area contributed by atoms with Crippen LogP contribution in [0.4, 0.5) is 0 Å². The molecule has 1 N–H and O–H groups in total. The van der Waals surface area contributed by atoms with Crippen LogP contribution in [0.5, 0.6) is 0 Å². The van der Waals surface area contributed by atoms with Gasteiger partial charge in [-0.05, 0) is 28.7 Å². The Balaban J connectivity index is 2.43. The molecular formula is C14H18INO2. The van der Waals surface area contributed by atoms with Crippen molar-refractivity contribution in [2.75, 3.05) is 7.11 Å². The van der Waals surface area contributed by atoms with Gasteiger partial charge in [0.1, 0.15) is 11.3 Å². The Hall–Kier alpha value is -0.590. The summed E-state index contributed by atoms with van der Waals surface area (Å²) >= 11 is 2.30. The van der Waals surface area contributed by atoms with E-state index >= 15 is 0 Å². The summed E-state index contributed by atoms with van der Waals surface area (Å²) in [6.07, 6.45) is 0. The van der Waals surface area contributed by atoms with E-state index in [-0.39, 0.29) is 0 Å². The van der Waals surface area contributed by atoms with Crippen LogP contribution >= 0.6 is 22.6 Å². The second-order valence-electron chi connectivity index (χ2n) is 4.59. The molecule has 0 amide bonds. The summed E-state index contributed by atoms with van der Waals surface area (Å²) in [5.74, 6) is 0.977. The van der Waals surface area contributed by atoms with E-state index in [1.54, 1.807) is 7.11 Å². The van der Waals surface area contributed by atoms with Crippen LogP contribution in [-0.4, -0.2) is 13.2 Å². The van der Waals surface area contributed by atoms with Crippen LogP contribution in [0, 0.1) is 3.57 Å². The summed E-state index contributed by atoms with van der Waals surface area (Å²) in [5, 5.41) is 4.55. The lowest BCUT2D eigenvalue weighted by Crippen LogP contribution is -2.22. The molecule has 0 aliphatic rings. The molecule has 98 valence electrons. The van der Waals surface area contributed by atoms with Gasteiger partial charge in [0.25, 0.3) is 0 Å². The van der Waals surface area contributed by atoms with E-state index in [2.05, 4.69) is 60.0 Å². The predicted octanol–water partition coefficient (Wildman–Crippen LogP) is 3.68. The van der Waals surface area contributed by atoms with E-state index in [0.29, 0.717) is 12.6 Å². The highest BCUT2D eigenvalue weighted by molar-refractivity contribution is 14.1. The van der Waals surface area contributed by atoms with Gasteiger partial charge in [-0.25, -0.2) is 0 Å². The average molecular weight is 359 g/mol. The molecule has 3 nitrogen and oxygen atoms in total. The van der Waals surface area contributed by atoms with Gasteiger partial charge in [0.2, 0.25) is 0 Å². The third kappa shape index (κ3) is 2.87. The molecular weight excluding hydrogens is 341 g/mol. The van der Waals surface area contributed by atoms with Gasteiger partial charge in [-0.15, -0.1) is 0 Å². The Bertz CT molecular complexity index is 534. The number of hydrogen-bond acceptors (Lipinski definition) is 3. The number of halogens is 1. The molecule has 1 aromatic heterocycles. The lowest BCUT2D eigenvalue weighted by Gasteiger charge is -2.07. The first kappa shape index (κ1) is 13.8. The van der Waals surface area contributed by atoms with Crippen molar-refractivity contribution < 1.29 is 9.15 Å². The van der Waals surface area contributed by atoms with Crippen molar-refractivity contribution in [3.8, 4) is 0 Å². The SMILES string of the molecule is COCc1c(CNC(C)C)oc2c(I)cccc12. The highest BCUT2D eigenvalue weighted by Gasteiger charge is 2.15. The minimum absolute atomic E-state index is 0.438. The van der Waals surface area contributed by atoms with Crippen LogP contribution < -0.4 is 5.32 Å². The number of rotatable bonds is 5. The maximum atomic E-state index is 5.98. The lowest BCUT2D eigenvalue weighted by molar-refractivity contribution is 0.183. The molecule has 2 rings (SSSR count). The molecule has 0 atom stereocenters. The quantitative estimate of drug-likeness (QED) is 0.827. The standard InChI is InChI=1S/C14H18INO2/c1-9(2)16-7-13-11(8-17-3)10-5-4-6-12(15)14(10)18-13/h4-6,9,16H,7-8H2,1-3H3. The Morgan fingerprint density at radius 3 is 2.83 bits per heavy atom. The molecule has 0 spiro atoms. The first-order valence-electron chi connectivity index (χ1n) is 6.04. The Morgan fingerprint density at radius 2 is 2.17 bits per heavy atom. The van der Waals surface area contributed by atoms with Gasteiger partial charge in [0, 0.05) is 24.1 Å². The molecule has 0 saturated carbocycles. The lowest BCUT2D eigenvalue weighted by atomic mass is 10.1. The molecule has 1 aromatic carbocycles. The summed E-state index contributed by atoms with van der Waals surface area (Å²) in [5.41, 5.74) is 2.12. The zero-order chi connectivity index (χ0) is 13.1. The van der Waals surface area contributed by atoms with Crippen molar-refractivity contribution >= 4 is 33.6 Å². The summed E-state index contributed by atoms with van der Waals surface area (Å²) in [4.78, 5) is 0. The van der Waals surface area contributed by atoms with Gasteiger partial charge in [0.05, 0.1) is 16.7 Å². The largest absolute Gasteiger partial charge is 0.458 e. The van der Waals surface area contributed by atoms with E-state index in [4.69, 9.17) is 9.15 Å². The number of para-hydroxylation sites is 1. The van der Waals surface area contributed by atoms with E-state index in [9.17, 15) is 0 Å². The molecule has 0 fully saturated rings. The molecule has 0 aliphatic heterocycles. The maximum absolute atomic E-state index is 5.98. The Labute approximate surface area is 121 Å². The number of ether oxygens (including phenoxy) is 1. The number of methoxy groups -OCH3 is 1. The molecule has 18 heavy (non-hydrogen) atoms. The normalized spacial score (nSPS) is 11.6. The van der Waals surface area contributed by atoms with Crippen LogP contribution in [0.25, 0.3) is 11.0 Å². The molecule has 0 bridgehead atoms. The fourth-order valence-corrected chi connectivity index (χ4v) is 2.54. The summed E-state index contributed by atoms with van der Waals surface area (Å²) in [6.45, 7) is 5.58. The molecule has 0 saturated heterocycles. The Kier molecular flexibility index (Phi) is 4.64. The van der Waals surface area contributed by atoms with Crippen molar-refractivity contribution in [1.82, 2.24) is 5.32 Å². The third-order valence-electron chi connectivity index (χ3n) is 2.81. The zero-order valence-corrected chi connectivity index (χ0v) is 13.1. The zero-order valence-electron chi connectivity index (χ0n) is 10.9. The monoisotopic (exact) mass is 359 g/mol. The number of benzene rings is 1. The van der Waals surface area contributed by atoms with Crippen LogP contribution in [0.15, 0.2) is 22.6 Å². The summed E-state index contributed by atoms with van der Waals surface area (Å²) in [6, 6.07) is 6.64. The van der Waals surface area contributed by atoms with Crippen LogP contribution in [0.1, 0.15) is 25.2 Å². The molecule has 0 radical (unpaired) electrons. The van der Waals surface area contributed by atoms with Gasteiger partial charge in [-0.1, -0.05) is 26.0 Å². The molecule has 0 aliphatic carbocycles. The Morgan fingerprint density at radius 1 is 1.39 bits per heavy atom. The topological polar surface area (TPSA) is 34.4 Å². The van der Waals surface area contributed by atoms with Crippen LogP contribution in [0.3, 0.4) is 0 Å². The fourth-order valence-electron chi connectivity index (χ4n) is 1.93. The van der Waals surface area contributed by atoms with E-state index in [1.807, 2.05) is 0 Å². The first-order valence-corrected chi connectivity index (χ1v) is 7.12. The van der Waals surface area contributed by atoms with Crippen molar-refractivity contribution in [2.24, 2.45) is 0 Å². The number of furan rings is 1. The first-order chi connectivity index (χ1) is 8.63.